The van der Waals surface area contributed by atoms with E-state index >= 15 is 0 Å². The molecule has 0 fully saturated rings. The zero-order valence-corrected chi connectivity index (χ0v) is 12.4. The van der Waals surface area contributed by atoms with Crippen molar-refractivity contribution >= 4 is 29.0 Å². The first-order valence-corrected chi connectivity index (χ1v) is 6.96. The molecule has 2 rings (SSSR count). The number of hydrogen-bond acceptors (Lipinski definition) is 3. The fourth-order valence-electron chi connectivity index (χ4n) is 1.70. The number of halogens is 2. The van der Waals surface area contributed by atoms with Crippen molar-refractivity contribution in [2.75, 3.05) is 6.61 Å². The molecular formula is C15H13Cl2NO2. The molecule has 5 heteroatoms. The summed E-state index contributed by atoms with van der Waals surface area (Å²) in [5.41, 5.74) is 0.612. The van der Waals surface area contributed by atoms with Crippen LogP contribution in [0.15, 0.2) is 36.5 Å². The van der Waals surface area contributed by atoms with Crippen LogP contribution in [-0.4, -0.2) is 17.4 Å². The Bertz CT molecular complexity index is 629. The first kappa shape index (κ1) is 14.8. The molecule has 0 amide bonds. The van der Waals surface area contributed by atoms with Crippen molar-refractivity contribution in [3.8, 4) is 5.75 Å². The largest absolute Gasteiger partial charge is 0.493 e. The molecule has 1 aromatic carbocycles. The third kappa shape index (κ3) is 3.30. The number of pyridine rings is 1. The third-order valence-electron chi connectivity index (χ3n) is 2.62. The number of benzene rings is 1. The van der Waals surface area contributed by atoms with E-state index in [2.05, 4.69) is 4.98 Å². The summed E-state index contributed by atoms with van der Waals surface area (Å²) in [6.45, 7) is 2.55. The van der Waals surface area contributed by atoms with Crippen LogP contribution in [0.3, 0.4) is 0 Å². The number of ketones is 1. The lowest BCUT2D eigenvalue weighted by atomic mass is 10.1. The Balaban J connectivity index is 2.38. The second kappa shape index (κ2) is 6.73. The van der Waals surface area contributed by atoms with E-state index in [0.29, 0.717) is 22.9 Å². The summed E-state index contributed by atoms with van der Waals surface area (Å²) in [4.78, 5) is 16.5. The fourth-order valence-corrected chi connectivity index (χ4v) is 2.17. The maximum absolute atomic E-state index is 12.5. The Morgan fingerprint density at radius 1 is 1.30 bits per heavy atom. The van der Waals surface area contributed by atoms with Crippen LogP contribution < -0.4 is 4.74 Å². The molecule has 104 valence electrons. The van der Waals surface area contributed by atoms with Crippen molar-refractivity contribution in [2.45, 2.75) is 13.3 Å². The van der Waals surface area contributed by atoms with Crippen LogP contribution in [0.5, 0.6) is 5.75 Å². The van der Waals surface area contributed by atoms with Gasteiger partial charge in [0.1, 0.15) is 11.4 Å². The quantitative estimate of drug-likeness (QED) is 0.768. The highest BCUT2D eigenvalue weighted by molar-refractivity contribution is 6.37. The zero-order chi connectivity index (χ0) is 14.5. The van der Waals surface area contributed by atoms with Gasteiger partial charge in [-0.15, -0.1) is 0 Å². The van der Waals surface area contributed by atoms with Gasteiger partial charge in [0.2, 0.25) is 5.78 Å². The molecule has 0 aliphatic rings. The van der Waals surface area contributed by atoms with Crippen molar-refractivity contribution in [3.63, 3.8) is 0 Å². The SMILES string of the molecule is CCCOc1ccccc1C(=O)c1ncc(Cl)cc1Cl. The van der Waals surface area contributed by atoms with Gasteiger partial charge in [-0.25, -0.2) is 4.98 Å². The third-order valence-corrected chi connectivity index (χ3v) is 3.11. The number of carbonyl (C=O) groups is 1. The average Bonchev–Trinajstić information content (AvgIpc) is 2.45. The summed E-state index contributed by atoms with van der Waals surface area (Å²) in [7, 11) is 0. The van der Waals surface area contributed by atoms with Crippen LogP contribution in [0.2, 0.25) is 10.0 Å². The van der Waals surface area contributed by atoms with Gasteiger partial charge in [0.15, 0.2) is 0 Å². The molecule has 2 aromatic rings. The van der Waals surface area contributed by atoms with Crippen molar-refractivity contribution in [2.24, 2.45) is 0 Å². The highest BCUT2D eigenvalue weighted by Gasteiger charge is 2.18. The van der Waals surface area contributed by atoms with Crippen molar-refractivity contribution in [1.82, 2.24) is 4.98 Å². The van der Waals surface area contributed by atoms with E-state index in [0.717, 1.165) is 6.42 Å². The number of nitrogens with zero attached hydrogens (tertiary/aromatic N) is 1. The minimum Gasteiger partial charge on any atom is -0.493 e. The van der Waals surface area contributed by atoms with Gasteiger partial charge in [-0.05, 0) is 24.6 Å². The van der Waals surface area contributed by atoms with Gasteiger partial charge in [0.05, 0.1) is 22.2 Å². The highest BCUT2D eigenvalue weighted by Crippen LogP contribution is 2.25. The van der Waals surface area contributed by atoms with E-state index in [4.69, 9.17) is 27.9 Å². The minimum atomic E-state index is -0.279. The molecule has 0 aliphatic heterocycles. The first-order valence-electron chi connectivity index (χ1n) is 6.21. The Kier molecular flexibility index (Phi) is 4.99. The fraction of sp³-hybridized carbons (Fsp3) is 0.200. The summed E-state index contributed by atoms with van der Waals surface area (Å²) in [6.07, 6.45) is 2.26. The number of ether oxygens (including phenoxy) is 1. The van der Waals surface area contributed by atoms with Crippen LogP contribution >= 0.6 is 23.2 Å². The van der Waals surface area contributed by atoms with Crippen LogP contribution in [-0.2, 0) is 0 Å². The Morgan fingerprint density at radius 3 is 2.75 bits per heavy atom. The molecule has 0 N–H and O–H groups in total. The second-order valence-electron chi connectivity index (χ2n) is 4.16. The molecular weight excluding hydrogens is 297 g/mol. The number of carbonyl (C=O) groups excluding carboxylic acids is 1. The molecule has 1 aromatic heterocycles. The zero-order valence-electron chi connectivity index (χ0n) is 10.9. The molecule has 0 saturated heterocycles. The lowest BCUT2D eigenvalue weighted by molar-refractivity contribution is 0.103. The predicted octanol–water partition coefficient (Wildman–Crippen LogP) is 4.41. The first-order chi connectivity index (χ1) is 9.63. The summed E-state index contributed by atoms with van der Waals surface area (Å²) in [5.74, 6) is 0.255. The number of para-hydroxylation sites is 1. The Hall–Kier alpha value is -1.58. The van der Waals surface area contributed by atoms with Crippen LogP contribution in [0.1, 0.15) is 29.4 Å². The van der Waals surface area contributed by atoms with Gasteiger partial charge in [0, 0.05) is 6.20 Å². The normalized spacial score (nSPS) is 10.3. The Morgan fingerprint density at radius 2 is 2.05 bits per heavy atom. The van der Waals surface area contributed by atoms with Gasteiger partial charge in [-0.1, -0.05) is 42.3 Å². The maximum Gasteiger partial charge on any atom is 0.216 e. The Labute approximate surface area is 127 Å². The van der Waals surface area contributed by atoms with Gasteiger partial charge in [-0.3, -0.25) is 4.79 Å². The van der Waals surface area contributed by atoms with E-state index in [1.165, 1.54) is 12.3 Å². The van der Waals surface area contributed by atoms with E-state index < -0.39 is 0 Å². The maximum atomic E-state index is 12.5. The molecule has 0 saturated carbocycles. The number of hydrogen-bond donors (Lipinski definition) is 0. The summed E-state index contributed by atoms with van der Waals surface area (Å²) in [6, 6.07) is 8.54. The van der Waals surface area contributed by atoms with E-state index in [1.54, 1.807) is 18.2 Å². The molecule has 20 heavy (non-hydrogen) atoms. The predicted molar refractivity (Wildman–Crippen MR) is 79.9 cm³/mol. The van der Waals surface area contributed by atoms with Gasteiger partial charge >= 0.3 is 0 Å². The van der Waals surface area contributed by atoms with Crippen LogP contribution in [0.25, 0.3) is 0 Å². The van der Waals surface area contributed by atoms with E-state index in [9.17, 15) is 4.79 Å². The van der Waals surface area contributed by atoms with Gasteiger partial charge in [0.25, 0.3) is 0 Å². The summed E-state index contributed by atoms with van der Waals surface area (Å²) in [5, 5.41) is 0.620. The number of rotatable bonds is 5. The summed E-state index contributed by atoms with van der Waals surface area (Å²) >= 11 is 11.8. The molecule has 0 aliphatic carbocycles. The summed E-state index contributed by atoms with van der Waals surface area (Å²) < 4.78 is 5.57. The molecule has 0 spiro atoms. The van der Waals surface area contributed by atoms with Gasteiger partial charge < -0.3 is 4.74 Å². The van der Waals surface area contributed by atoms with E-state index in [-0.39, 0.29) is 16.5 Å². The second-order valence-corrected chi connectivity index (χ2v) is 5.00. The lowest BCUT2D eigenvalue weighted by Crippen LogP contribution is -2.08. The molecule has 0 radical (unpaired) electrons. The molecule has 0 bridgehead atoms. The van der Waals surface area contributed by atoms with Crippen molar-refractivity contribution in [1.29, 1.82) is 0 Å². The van der Waals surface area contributed by atoms with Crippen LogP contribution in [0.4, 0.5) is 0 Å². The molecule has 0 atom stereocenters. The monoisotopic (exact) mass is 309 g/mol. The van der Waals surface area contributed by atoms with Gasteiger partial charge in [-0.2, -0.15) is 0 Å². The topological polar surface area (TPSA) is 39.2 Å². The van der Waals surface area contributed by atoms with E-state index in [1.807, 2.05) is 13.0 Å². The number of aromatic nitrogens is 1. The van der Waals surface area contributed by atoms with Crippen molar-refractivity contribution in [3.05, 3.63) is 57.8 Å². The highest BCUT2D eigenvalue weighted by atomic mass is 35.5. The molecule has 1 heterocycles. The standard InChI is InChI=1S/C15H13Cl2NO2/c1-2-7-20-13-6-4-3-5-11(13)15(19)14-12(17)8-10(16)9-18-14/h3-6,8-9H,2,7H2,1H3. The molecule has 3 nitrogen and oxygen atoms in total. The smallest absolute Gasteiger partial charge is 0.216 e. The average molecular weight is 310 g/mol. The molecule has 0 unspecified atom stereocenters. The minimum absolute atomic E-state index is 0.170. The van der Waals surface area contributed by atoms with Crippen LogP contribution in [0, 0.1) is 0 Å². The lowest BCUT2D eigenvalue weighted by Gasteiger charge is -2.10. The van der Waals surface area contributed by atoms with Crippen molar-refractivity contribution < 1.29 is 9.53 Å².